The SMILES string of the molecule is CC(C)[Si](OCC[C@@]1(C)O[C@@](C)(CCO)[C@H](O)C[C@@H]1O[Si](C)(C)C(C)(C)C)(C(C)C)C(C)C. The summed E-state index contributed by atoms with van der Waals surface area (Å²) in [4.78, 5) is 0. The van der Waals surface area contributed by atoms with E-state index in [1.54, 1.807) is 0 Å². The lowest BCUT2D eigenvalue weighted by atomic mass is 9.79. The molecule has 0 spiro atoms. The molecule has 1 fully saturated rings. The molecule has 7 heteroatoms. The average molecular weight is 505 g/mol. The van der Waals surface area contributed by atoms with Crippen LogP contribution in [0.2, 0.25) is 34.8 Å². The summed E-state index contributed by atoms with van der Waals surface area (Å²) in [5.41, 5.74) is 0.193. The Hall–Kier alpha value is 0.234. The van der Waals surface area contributed by atoms with Crippen molar-refractivity contribution in [3.8, 4) is 0 Å². The highest BCUT2D eigenvalue weighted by atomic mass is 28.4. The van der Waals surface area contributed by atoms with E-state index in [4.69, 9.17) is 13.6 Å². The van der Waals surface area contributed by atoms with Gasteiger partial charge in [-0.25, -0.2) is 0 Å². The predicted octanol–water partition coefficient (Wildman–Crippen LogP) is 6.64. The highest BCUT2D eigenvalue weighted by molar-refractivity contribution is 6.77. The van der Waals surface area contributed by atoms with Crippen molar-refractivity contribution in [2.24, 2.45) is 0 Å². The van der Waals surface area contributed by atoms with Crippen LogP contribution in [0, 0.1) is 0 Å². The van der Waals surface area contributed by atoms with Crippen molar-refractivity contribution in [3.05, 3.63) is 0 Å². The molecule has 4 atom stereocenters. The van der Waals surface area contributed by atoms with Crippen molar-refractivity contribution >= 4 is 16.6 Å². The maximum atomic E-state index is 11.0. The standard InChI is InChI=1S/C26H56O5Si2/c1-19(2)33(20(3)4,21(5)6)29-17-15-26(11)23(30-32(12,13)24(7,8)9)18-22(28)25(10,31-26)14-16-27/h19-23,27-28H,14-18H2,1-13H3/t22-,23+,25+,26-/m1/s1. The lowest BCUT2D eigenvalue weighted by Gasteiger charge is -2.55. The number of rotatable bonds is 11. The molecule has 0 aromatic heterocycles. The molecule has 0 amide bonds. The number of aliphatic hydroxyl groups is 2. The van der Waals surface area contributed by atoms with Crippen LogP contribution in [0.25, 0.3) is 0 Å². The fraction of sp³-hybridized carbons (Fsp3) is 1.00. The van der Waals surface area contributed by atoms with Crippen molar-refractivity contribution in [3.63, 3.8) is 0 Å². The van der Waals surface area contributed by atoms with E-state index in [1.807, 2.05) is 6.92 Å². The zero-order valence-corrected chi connectivity index (χ0v) is 26.0. The van der Waals surface area contributed by atoms with Gasteiger partial charge in [-0.05, 0) is 48.6 Å². The van der Waals surface area contributed by atoms with Gasteiger partial charge in [0.15, 0.2) is 16.6 Å². The summed E-state index contributed by atoms with van der Waals surface area (Å²) in [6.07, 6.45) is 0.739. The summed E-state index contributed by atoms with van der Waals surface area (Å²) < 4.78 is 20.5. The summed E-state index contributed by atoms with van der Waals surface area (Å²) in [6, 6.07) is 0. The summed E-state index contributed by atoms with van der Waals surface area (Å²) in [6.45, 7) is 29.7. The number of hydrogen-bond acceptors (Lipinski definition) is 5. The lowest BCUT2D eigenvalue weighted by Crippen LogP contribution is -2.64. The maximum absolute atomic E-state index is 11.0. The second kappa shape index (κ2) is 11.1. The van der Waals surface area contributed by atoms with Gasteiger partial charge in [0.2, 0.25) is 0 Å². The molecule has 1 heterocycles. The van der Waals surface area contributed by atoms with E-state index in [0.29, 0.717) is 42.5 Å². The molecule has 0 radical (unpaired) electrons. The predicted molar refractivity (Wildman–Crippen MR) is 144 cm³/mol. The van der Waals surface area contributed by atoms with Gasteiger partial charge < -0.3 is 23.8 Å². The number of hydrogen-bond donors (Lipinski definition) is 2. The van der Waals surface area contributed by atoms with Crippen LogP contribution < -0.4 is 0 Å². The van der Waals surface area contributed by atoms with Crippen molar-refractivity contribution in [1.82, 2.24) is 0 Å². The molecule has 0 saturated carbocycles. The zero-order valence-electron chi connectivity index (χ0n) is 24.0. The topological polar surface area (TPSA) is 68.2 Å². The van der Waals surface area contributed by atoms with Crippen molar-refractivity contribution < 1.29 is 23.8 Å². The van der Waals surface area contributed by atoms with Gasteiger partial charge in [0, 0.05) is 32.5 Å². The molecule has 0 unspecified atom stereocenters. The van der Waals surface area contributed by atoms with Crippen LogP contribution in [0.5, 0.6) is 0 Å². The minimum Gasteiger partial charge on any atom is -0.416 e. The Labute approximate surface area is 207 Å². The van der Waals surface area contributed by atoms with E-state index in [0.717, 1.165) is 0 Å². The Morgan fingerprint density at radius 3 is 1.82 bits per heavy atom. The average Bonchev–Trinajstić information content (AvgIpc) is 2.61. The van der Waals surface area contributed by atoms with E-state index >= 15 is 0 Å². The van der Waals surface area contributed by atoms with Gasteiger partial charge in [-0.15, -0.1) is 0 Å². The Morgan fingerprint density at radius 2 is 1.42 bits per heavy atom. The first-order valence-electron chi connectivity index (χ1n) is 13.1. The third kappa shape index (κ3) is 6.72. The smallest absolute Gasteiger partial charge is 0.200 e. The summed E-state index contributed by atoms with van der Waals surface area (Å²) in [7, 11) is -4.06. The summed E-state index contributed by atoms with van der Waals surface area (Å²) >= 11 is 0. The highest BCUT2D eigenvalue weighted by Gasteiger charge is 2.54. The minimum atomic E-state index is -2.08. The third-order valence-corrected chi connectivity index (χ3v) is 19.4. The van der Waals surface area contributed by atoms with Crippen molar-refractivity contribution in [2.75, 3.05) is 13.2 Å². The molecular formula is C26H56O5Si2. The molecule has 33 heavy (non-hydrogen) atoms. The van der Waals surface area contributed by atoms with Crippen molar-refractivity contribution in [1.29, 1.82) is 0 Å². The largest absolute Gasteiger partial charge is 0.416 e. The van der Waals surface area contributed by atoms with Crippen LogP contribution in [-0.4, -0.2) is 63.5 Å². The normalized spacial score (nSPS) is 30.0. The van der Waals surface area contributed by atoms with Crippen molar-refractivity contribution in [2.45, 2.75) is 154 Å². The monoisotopic (exact) mass is 504 g/mol. The van der Waals surface area contributed by atoms with Gasteiger partial charge in [-0.3, -0.25) is 0 Å². The van der Waals surface area contributed by atoms with E-state index in [2.05, 4.69) is 82.3 Å². The van der Waals surface area contributed by atoms with E-state index < -0.39 is 33.9 Å². The second-order valence-corrected chi connectivity index (χ2v) is 23.5. The Bertz CT molecular complexity index is 595. The van der Waals surface area contributed by atoms with Crippen LogP contribution in [0.15, 0.2) is 0 Å². The molecule has 1 aliphatic rings. The Morgan fingerprint density at radius 1 is 0.939 bits per heavy atom. The zero-order chi connectivity index (χ0) is 26.0. The van der Waals surface area contributed by atoms with Crippen LogP contribution in [0.3, 0.4) is 0 Å². The molecule has 1 saturated heterocycles. The van der Waals surface area contributed by atoms with Crippen LogP contribution in [0.4, 0.5) is 0 Å². The van der Waals surface area contributed by atoms with E-state index in [-0.39, 0.29) is 17.7 Å². The van der Waals surface area contributed by atoms with Gasteiger partial charge >= 0.3 is 0 Å². The van der Waals surface area contributed by atoms with Gasteiger partial charge in [0.1, 0.15) is 0 Å². The molecule has 0 aromatic rings. The Balaban J connectivity index is 3.24. The molecule has 0 aliphatic carbocycles. The van der Waals surface area contributed by atoms with Gasteiger partial charge in [0.05, 0.1) is 23.4 Å². The first kappa shape index (κ1) is 31.3. The van der Waals surface area contributed by atoms with Gasteiger partial charge in [-0.2, -0.15) is 0 Å². The van der Waals surface area contributed by atoms with Crippen LogP contribution in [-0.2, 0) is 13.6 Å². The highest BCUT2D eigenvalue weighted by Crippen LogP contribution is 2.47. The lowest BCUT2D eigenvalue weighted by molar-refractivity contribution is -0.266. The first-order valence-corrected chi connectivity index (χ1v) is 18.1. The molecule has 5 nitrogen and oxygen atoms in total. The van der Waals surface area contributed by atoms with Crippen LogP contribution in [0.1, 0.15) is 95.4 Å². The minimum absolute atomic E-state index is 0.0159. The number of ether oxygens (including phenoxy) is 1. The molecule has 198 valence electrons. The molecule has 2 N–H and O–H groups in total. The molecule has 1 aliphatic heterocycles. The second-order valence-electron chi connectivity index (χ2n) is 13.2. The first-order chi connectivity index (χ1) is 14.8. The fourth-order valence-corrected chi connectivity index (χ4v) is 12.5. The van der Waals surface area contributed by atoms with Gasteiger partial charge in [0.25, 0.3) is 0 Å². The molecule has 1 rings (SSSR count). The maximum Gasteiger partial charge on any atom is 0.200 e. The molecular weight excluding hydrogens is 448 g/mol. The van der Waals surface area contributed by atoms with E-state index in [9.17, 15) is 10.2 Å². The fourth-order valence-electron chi connectivity index (χ4n) is 5.66. The molecule has 0 aromatic carbocycles. The summed E-state index contributed by atoms with van der Waals surface area (Å²) in [5, 5.41) is 20.7. The summed E-state index contributed by atoms with van der Waals surface area (Å²) in [5.74, 6) is 0. The quantitative estimate of drug-likeness (QED) is 0.309. The van der Waals surface area contributed by atoms with Crippen LogP contribution >= 0.6 is 0 Å². The Kier molecular flexibility index (Phi) is 10.5. The van der Waals surface area contributed by atoms with E-state index in [1.165, 1.54) is 0 Å². The number of aliphatic hydroxyl groups excluding tert-OH is 2. The molecule has 0 bridgehead atoms. The third-order valence-electron chi connectivity index (χ3n) is 8.80. The van der Waals surface area contributed by atoms with Gasteiger partial charge in [-0.1, -0.05) is 62.3 Å².